The van der Waals surface area contributed by atoms with Crippen LogP contribution in [-0.4, -0.2) is 59.6 Å². The molecule has 7 heteroatoms. The molecule has 7 nitrogen and oxygen atoms in total. The third kappa shape index (κ3) is 5.82. The first-order chi connectivity index (χ1) is 10.5. The molecule has 1 aromatic rings. The maximum atomic E-state index is 10.7. The van der Waals surface area contributed by atoms with Gasteiger partial charge in [0, 0.05) is 18.8 Å². The van der Waals surface area contributed by atoms with E-state index in [2.05, 4.69) is 23.8 Å². The maximum absolute atomic E-state index is 10.7. The number of carboxylic acids is 2. The molecule has 0 aliphatic carbocycles. The van der Waals surface area contributed by atoms with Crippen molar-refractivity contribution in [3.63, 3.8) is 0 Å². The molecule has 0 unspecified atom stereocenters. The summed E-state index contributed by atoms with van der Waals surface area (Å²) < 4.78 is 0. The normalized spacial score (nSPS) is 10.6. The fourth-order valence-electron chi connectivity index (χ4n) is 1.96. The van der Waals surface area contributed by atoms with Gasteiger partial charge in [-0.25, -0.2) is 0 Å². The predicted molar refractivity (Wildman–Crippen MR) is 84.4 cm³/mol. The number of rotatable bonds is 9. The van der Waals surface area contributed by atoms with E-state index in [0.717, 1.165) is 29.3 Å². The zero-order valence-corrected chi connectivity index (χ0v) is 12.8. The minimum absolute atomic E-state index is 0.458. The van der Waals surface area contributed by atoms with Crippen LogP contribution in [0.15, 0.2) is 29.4 Å². The van der Waals surface area contributed by atoms with Crippen molar-refractivity contribution < 1.29 is 19.8 Å². The van der Waals surface area contributed by atoms with Gasteiger partial charge in [0.25, 0.3) is 0 Å². The number of anilines is 1. The lowest BCUT2D eigenvalue weighted by molar-refractivity contribution is -0.141. The number of carboxylic acid groups (broad SMARTS) is 2. The zero-order valence-electron chi connectivity index (χ0n) is 12.8. The van der Waals surface area contributed by atoms with Crippen molar-refractivity contribution in [3.05, 3.63) is 29.8 Å². The molecular formula is C15H21N3O4. The molecule has 0 radical (unpaired) electrons. The van der Waals surface area contributed by atoms with Gasteiger partial charge < -0.3 is 15.1 Å². The Morgan fingerprint density at radius 3 is 1.95 bits per heavy atom. The number of nitrogens with zero attached hydrogens (tertiary/aromatic N) is 3. The van der Waals surface area contributed by atoms with E-state index >= 15 is 0 Å². The first kappa shape index (κ1) is 17.5. The Morgan fingerprint density at radius 1 is 1.05 bits per heavy atom. The highest BCUT2D eigenvalue weighted by Crippen LogP contribution is 2.14. The topological polar surface area (TPSA) is 93.4 Å². The zero-order chi connectivity index (χ0) is 16.5. The summed E-state index contributed by atoms with van der Waals surface area (Å²) in [6.45, 7) is 5.06. The molecule has 0 aliphatic rings. The number of hydrogen-bond acceptors (Lipinski definition) is 5. The molecule has 120 valence electrons. The van der Waals surface area contributed by atoms with E-state index in [1.807, 2.05) is 24.3 Å². The van der Waals surface area contributed by atoms with Crippen molar-refractivity contribution >= 4 is 23.8 Å². The van der Waals surface area contributed by atoms with Crippen LogP contribution in [0.25, 0.3) is 0 Å². The highest BCUT2D eigenvalue weighted by Gasteiger charge is 2.10. The molecule has 0 amide bonds. The first-order valence-electron chi connectivity index (χ1n) is 7.03. The van der Waals surface area contributed by atoms with Gasteiger partial charge in [-0.05, 0) is 31.5 Å². The summed E-state index contributed by atoms with van der Waals surface area (Å²) >= 11 is 0. The highest BCUT2D eigenvalue weighted by atomic mass is 16.4. The van der Waals surface area contributed by atoms with Crippen molar-refractivity contribution in [2.75, 3.05) is 31.1 Å². The Hall–Kier alpha value is -2.57. The number of hydrazone groups is 1. The third-order valence-corrected chi connectivity index (χ3v) is 3.03. The van der Waals surface area contributed by atoms with Gasteiger partial charge in [0.1, 0.15) is 13.1 Å². The monoisotopic (exact) mass is 307 g/mol. The molecule has 0 spiro atoms. The lowest BCUT2D eigenvalue weighted by Crippen LogP contribution is -2.30. The maximum Gasteiger partial charge on any atom is 0.324 e. The highest BCUT2D eigenvalue weighted by molar-refractivity contribution is 5.81. The van der Waals surface area contributed by atoms with Gasteiger partial charge in [-0.15, -0.1) is 0 Å². The largest absolute Gasteiger partial charge is 0.480 e. The van der Waals surface area contributed by atoms with Gasteiger partial charge in [-0.1, -0.05) is 12.1 Å². The standard InChI is InChI=1S/C15H21N3O4/c1-3-17(4-2)13-7-5-12(6-8-13)9-16-18(10-14(19)20)11-15(21)22/h5-9H,3-4,10-11H2,1-2H3,(H,19,20)(H,21,22)/b16-9-. The van der Waals surface area contributed by atoms with E-state index in [0.29, 0.717) is 0 Å². The second kappa shape index (κ2) is 8.66. The summed E-state index contributed by atoms with van der Waals surface area (Å²) in [6, 6.07) is 7.62. The number of aliphatic carboxylic acids is 2. The predicted octanol–water partition coefficient (Wildman–Crippen LogP) is 1.34. The lowest BCUT2D eigenvalue weighted by atomic mass is 10.2. The third-order valence-electron chi connectivity index (χ3n) is 3.03. The average molecular weight is 307 g/mol. The number of carbonyl (C=O) groups is 2. The molecule has 0 aromatic heterocycles. The lowest BCUT2D eigenvalue weighted by Gasteiger charge is -2.20. The van der Waals surface area contributed by atoms with Gasteiger partial charge in [-0.3, -0.25) is 14.6 Å². The van der Waals surface area contributed by atoms with Crippen LogP contribution in [0.2, 0.25) is 0 Å². The molecule has 0 heterocycles. The molecule has 0 bridgehead atoms. The molecule has 0 fully saturated rings. The summed E-state index contributed by atoms with van der Waals surface area (Å²) in [4.78, 5) is 23.5. The van der Waals surface area contributed by atoms with Crippen LogP contribution in [0.4, 0.5) is 5.69 Å². The summed E-state index contributed by atoms with van der Waals surface area (Å²) in [6.07, 6.45) is 1.46. The van der Waals surface area contributed by atoms with Crippen LogP contribution >= 0.6 is 0 Å². The van der Waals surface area contributed by atoms with Gasteiger partial charge in [0.05, 0.1) is 6.21 Å². The van der Waals surface area contributed by atoms with Gasteiger partial charge in [0.2, 0.25) is 0 Å². The first-order valence-corrected chi connectivity index (χ1v) is 7.03. The second-order valence-electron chi connectivity index (χ2n) is 4.62. The van der Waals surface area contributed by atoms with E-state index in [-0.39, 0.29) is 0 Å². The molecule has 0 aliphatic heterocycles. The van der Waals surface area contributed by atoms with Crippen molar-refractivity contribution in [2.24, 2.45) is 5.10 Å². The van der Waals surface area contributed by atoms with E-state index in [4.69, 9.17) is 10.2 Å². The Labute approximate surface area is 129 Å². The minimum Gasteiger partial charge on any atom is -0.480 e. The number of benzene rings is 1. The van der Waals surface area contributed by atoms with Crippen molar-refractivity contribution in [3.8, 4) is 0 Å². The molecule has 1 rings (SSSR count). The van der Waals surface area contributed by atoms with E-state index in [1.165, 1.54) is 6.21 Å². The van der Waals surface area contributed by atoms with Gasteiger partial charge >= 0.3 is 11.9 Å². The minimum atomic E-state index is -1.13. The molecule has 2 N–H and O–H groups in total. The smallest absolute Gasteiger partial charge is 0.324 e. The fourth-order valence-corrected chi connectivity index (χ4v) is 1.96. The van der Waals surface area contributed by atoms with Crippen LogP contribution < -0.4 is 4.90 Å². The molecule has 0 saturated heterocycles. The van der Waals surface area contributed by atoms with Crippen molar-refractivity contribution in [2.45, 2.75) is 13.8 Å². The van der Waals surface area contributed by atoms with Crippen molar-refractivity contribution in [1.29, 1.82) is 0 Å². The Bertz CT molecular complexity index is 508. The molecule has 1 aromatic carbocycles. The van der Waals surface area contributed by atoms with Crippen LogP contribution in [0, 0.1) is 0 Å². The van der Waals surface area contributed by atoms with Crippen LogP contribution in [0.5, 0.6) is 0 Å². The Morgan fingerprint density at radius 2 is 1.55 bits per heavy atom. The van der Waals surface area contributed by atoms with Crippen LogP contribution in [0.3, 0.4) is 0 Å². The molecular weight excluding hydrogens is 286 g/mol. The summed E-state index contributed by atoms with van der Waals surface area (Å²) in [5.41, 5.74) is 1.87. The average Bonchev–Trinajstić information content (AvgIpc) is 2.46. The van der Waals surface area contributed by atoms with E-state index < -0.39 is 25.0 Å². The molecule has 0 atom stereocenters. The molecule has 22 heavy (non-hydrogen) atoms. The van der Waals surface area contributed by atoms with Gasteiger partial charge in [0.15, 0.2) is 0 Å². The second-order valence-corrected chi connectivity index (χ2v) is 4.62. The summed E-state index contributed by atoms with van der Waals surface area (Å²) in [5.74, 6) is -2.26. The number of hydrogen-bond donors (Lipinski definition) is 2. The quantitative estimate of drug-likeness (QED) is 0.528. The van der Waals surface area contributed by atoms with Crippen molar-refractivity contribution in [1.82, 2.24) is 5.01 Å². The van der Waals surface area contributed by atoms with Gasteiger partial charge in [-0.2, -0.15) is 5.10 Å². The Kier molecular flexibility index (Phi) is 6.88. The summed E-state index contributed by atoms with van der Waals surface area (Å²) in [5, 5.41) is 22.4. The van der Waals surface area contributed by atoms with Crippen LogP contribution in [0.1, 0.15) is 19.4 Å². The van der Waals surface area contributed by atoms with E-state index in [1.54, 1.807) is 0 Å². The molecule has 0 saturated carbocycles. The Balaban J connectivity index is 2.78. The SMILES string of the molecule is CCN(CC)c1ccc(/C=N\N(CC(=O)O)CC(=O)O)cc1. The van der Waals surface area contributed by atoms with Crippen LogP contribution in [-0.2, 0) is 9.59 Å². The van der Waals surface area contributed by atoms with E-state index in [9.17, 15) is 9.59 Å². The fraction of sp³-hybridized carbons (Fsp3) is 0.400. The summed E-state index contributed by atoms with van der Waals surface area (Å²) in [7, 11) is 0.